The van der Waals surface area contributed by atoms with E-state index in [0.717, 1.165) is 0 Å². The normalized spacial score (nSPS) is 22.3. The van der Waals surface area contributed by atoms with Gasteiger partial charge in [-0.05, 0) is 19.9 Å². The van der Waals surface area contributed by atoms with E-state index in [2.05, 4.69) is 10.2 Å². The van der Waals surface area contributed by atoms with Gasteiger partial charge in [-0.2, -0.15) is 5.10 Å². The Kier molecular flexibility index (Phi) is 3.68. The van der Waals surface area contributed by atoms with Gasteiger partial charge in [0.25, 0.3) is 0 Å². The van der Waals surface area contributed by atoms with E-state index in [1.54, 1.807) is 6.07 Å². The molecule has 0 spiro atoms. The van der Waals surface area contributed by atoms with Crippen molar-refractivity contribution < 1.29 is 9.84 Å². The minimum absolute atomic E-state index is 0.0465. The zero-order valence-electron chi connectivity index (χ0n) is 11.1. The van der Waals surface area contributed by atoms with Gasteiger partial charge in [0.05, 0.1) is 30.1 Å². The first-order valence-corrected chi connectivity index (χ1v) is 6.12. The molecule has 1 fully saturated rings. The van der Waals surface area contributed by atoms with Crippen molar-refractivity contribution in [2.45, 2.75) is 25.6 Å². The van der Waals surface area contributed by atoms with Crippen molar-refractivity contribution in [3.63, 3.8) is 0 Å². The van der Waals surface area contributed by atoms with Crippen LogP contribution in [0.4, 0.5) is 5.82 Å². The number of rotatable bonds is 3. The fraction of sp³-hybridized carbons (Fsp3) is 0.583. The van der Waals surface area contributed by atoms with Crippen molar-refractivity contribution in [3.05, 3.63) is 17.8 Å². The lowest BCUT2D eigenvalue weighted by Crippen LogP contribution is -2.54. The number of nitrogens with zero attached hydrogens (tertiary/aromatic N) is 3. The molecule has 1 atom stereocenters. The highest BCUT2D eigenvalue weighted by Crippen LogP contribution is 2.26. The summed E-state index contributed by atoms with van der Waals surface area (Å²) >= 11 is 0. The van der Waals surface area contributed by atoms with Crippen molar-refractivity contribution in [1.29, 1.82) is 5.41 Å². The Bertz CT molecular complexity index is 477. The number of nitrogens with two attached hydrogens (primary N) is 1. The summed E-state index contributed by atoms with van der Waals surface area (Å²) in [5.41, 5.74) is 5.70. The van der Waals surface area contributed by atoms with Crippen molar-refractivity contribution in [2.75, 3.05) is 24.6 Å². The van der Waals surface area contributed by atoms with Gasteiger partial charge in [0.2, 0.25) is 0 Å². The number of aliphatic hydroxyl groups excluding tert-OH is 1. The fourth-order valence-electron chi connectivity index (χ4n) is 2.32. The molecule has 1 aliphatic rings. The first-order valence-electron chi connectivity index (χ1n) is 6.12. The Hall–Kier alpha value is -1.73. The number of morpholine rings is 1. The van der Waals surface area contributed by atoms with Crippen molar-refractivity contribution >= 4 is 11.7 Å². The average Bonchev–Trinajstić information content (AvgIpc) is 2.36. The number of hydrogen-bond acceptors (Lipinski definition) is 6. The van der Waals surface area contributed by atoms with Crippen LogP contribution in [0.2, 0.25) is 0 Å². The van der Waals surface area contributed by atoms with Crippen molar-refractivity contribution in [2.24, 2.45) is 5.73 Å². The molecule has 1 aliphatic heterocycles. The molecule has 7 heteroatoms. The zero-order chi connectivity index (χ0) is 14.0. The van der Waals surface area contributed by atoms with Gasteiger partial charge in [0.15, 0.2) is 5.82 Å². The van der Waals surface area contributed by atoms with Gasteiger partial charge in [0.1, 0.15) is 5.84 Å². The van der Waals surface area contributed by atoms with E-state index in [1.165, 1.54) is 6.20 Å². The molecular formula is C12H19N5O2. The van der Waals surface area contributed by atoms with Crippen LogP contribution < -0.4 is 10.6 Å². The molecule has 1 aromatic rings. The van der Waals surface area contributed by atoms with E-state index in [0.29, 0.717) is 24.5 Å². The molecule has 104 valence electrons. The molecule has 0 bridgehead atoms. The maximum Gasteiger partial charge on any atom is 0.162 e. The molecule has 1 aromatic heterocycles. The van der Waals surface area contributed by atoms with Crippen molar-refractivity contribution in [3.8, 4) is 0 Å². The van der Waals surface area contributed by atoms with Crippen LogP contribution in [0.5, 0.6) is 0 Å². The van der Waals surface area contributed by atoms with Gasteiger partial charge >= 0.3 is 0 Å². The highest BCUT2D eigenvalue weighted by atomic mass is 16.5. The molecule has 7 nitrogen and oxygen atoms in total. The number of anilines is 1. The topological polar surface area (TPSA) is 108 Å². The minimum Gasteiger partial charge on any atom is -0.394 e. The molecular weight excluding hydrogens is 246 g/mol. The first kappa shape index (κ1) is 13.7. The van der Waals surface area contributed by atoms with Crippen LogP contribution in [0, 0.1) is 5.41 Å². The molecule has 2 rings (SSSR count). The molecule has 1 saturated heterocycles. The van der Waals surface area contributed by atoms with Crippen LogP contribution in [0.3, 0.4) is 0 Å². The number of aromatic nitrogens is 2. The maximum absolute atomic E-state index is 9.31. The van der Waals surface area contributed by atoms with Crippen LogP contribution in [-0.2, 0) is 4.74 Å². The SMILES string of the molecule is CC1(C)CN(c2nnccc2C(=N)N)CC(CO)O1. The van der Waals surface area contributed by atoms with Crippen LogP contribution in [-0.4, -0.2) is 52.5 Å². The third kappa shape index (κ3) is 2.99. The summed E-state index contributed by atoms with van der Waals surface area (Å²) in [6, 6.07) is 1.67. The maximum atomic E-state index is 9.31. The third-order valence-corrected chi connectivity index (χ3v) is 2.98. The van der Waals surface area contributed by atoms with E-state index in [4.69, 9.17) is 15.9 Å². The molecule has 0 aromatic carbocycles. The number of hydrogen-bond donors (Lipinski definition) is 3. The number of aliphatic hydroxyl groups is 1. The summed E-state index contributed by atoms with van der Waals surface area (Å²) in [6.07, 6.45) is 1.22. The number of ether oxygens (including phenoxy) is 1. The second-order valence-electron chi connectivity index (χ2n) is 5.24. The monoisotopic (exact) mass is 265 g/mol. The van der Waals surface area contributed by atoms with Crippen LogP contribution in [0.25, 0.3) is 0 Å². The predicted octanol–water partition coefficient (Wildman–Crippen LogP) is -0.263. The molecule has 0 saturated carbocycles. The number of amidine groups is 1. The number of nitrogen functional groups attached to an aromatic ring is 1. The third-order valence-electron chi connectivity index (χ3n) is 2.98. The van der Waals surface area contributed by atoms with Crippen LogP contribution in [0.15, 0.2) is 12.3 Å². The summed E-state index contributed by atoms with van der Waals surface area (Å²) in [5, 5.41) is 24.8. The molecule has 4 N–H and O–H groups in total. The Labute approximate surface area is 111 Å². The van der Waals surface area contributed by atoms with E-state index in [1.807, 2.05) is 18.7 Å². The molecule has 0 aliphatic carbocycles. The van der Waals surface area contributed by atoms with Crippen LogP contribution in [0.1, 0.15) is 19.4 Å². The molecule has 2 heterocycles. The Morgan fingerprint density at radius 2 is 2.42 bits per heavy atom. The minimum atomic E-state index is -0.406. The Balaban J connectivity index is 2.33. The second-order valence-corrected chi connectivity index (χ2v) is 5.24. The van der Waals surface area contributed by atoms with Gasteiger partial charge in [-0.15, -0.1) is 5.10 Å². The standard InChI is InChI=1S/C12H19N5O2/c1-12(2)7-17(5-8(6-18)19-12)11-9(10(13)14)3-4-15-16-11/h3-4,8,18H,5-7H2,1-2H3,(H3,13,14). The fourth-order valence-corrected chi connectivity index (χ4v) is 2.32. The molecule has 1 unspecified atom stereocenters. The van der Waals surface area contributed by atoms with Gasteiger partial charge in [0, 0.05) is 13.1 Å². The molecule has 19 heavy (non-hydrogen) atoms. The van der Waals surface area contributed by atoms with E-state index >= 15 is 0 Å². The summed E-state index contributed by atoms with van der Waals surface area (Å²) in [6.45, 7) is 4.94. The highest BCUT2D eigenvalue weighted by molar-refractivity contribution is 5.99. The zero-order valence-corrected chi connectivity index (χ0v) is 11.1. The lowest BCUT2D eigenvalue weighted by atomic mass is 10.0. The van der Waals surface area contributed by atoms with E-state index in [9.17, 15) is 5.11 Å². The Morgan fingerprint density at radius 1 is 1.68 bits per heavy atom. The van der Waals surface area contributed by atoms with Gasteiger partial charge in [-0.1, -0.05) is 0 Å². The van der Waals surface area contributed by atoms with Gasteiger partial charge < -0.3 is 20.5 Å². The van der Waals surface area contributed by atoms with Crippen LogP contribution >= 0.6 is 0 Å². The largest absolute Gasteiger partial charge is 0.394 e. The first-order chi connectivity index (χ1) is 8.93. The highest BCUT2D eigenvalue weighted by Gasteiger charge is 2.34. The predicted molar refractivity (Wildman–Crippen MR) is 71.3 cm³/mol. The summed E-state index contributed by atoms with van der Waals surface area (Å²) < 4.78 is 5.75. The van der Waals surface area contributed by atoms with Crippen molar-refractivity contribution in [1.82, 2.24) is 10.2 Å². The Morgan fingerprint density at radius 3 is 3.05 bits per heavy atom. The van der Waals surface area contributed by atoms with E-state index in [-0.39, 0.29) is 18.5 Å². The second kappa shape index (κ2) is 5.10. The number of nitrogens with one attached hydrogen (secondary N) is 1. The van der Waals surface area contributed by atoms with Gasteiger partial charge in [-0.3, -0.25) is 5.41 Å². The van der Waals surface area contributed by atoms with Gasteiger partial charge in [-0.25, -0.2) is 0 Å². The molecule has 0 radical (unpaired) electrons. The smallest absolute Gasteiger partial charge is 0.162 e. The average molecular weight is 265 g/mol. The quantitative estimate of drug-likeness (QED) is 0.513. The molecule has 0 amide bonds. The van der Waals surface area contributed by atoms with E-state index < -0.39 is 5.60 Å². The lowest BCUT2D eigenvalue weighted by Gasteiger charge is -2.43. The summed E-state index contributed by atoms with van der Waals surface area (Å²) in [4.78, 5) is 1.95. The summed E-state index contributed by atoms with van der Waals surface area (Å²) in [7, 11) is 0. The lowest BCUT2D eigenvalue weighted by molar-refractivity contribution is -0.101. The summed E-state index contributed by atoms with van der Waals surface area (Å²) in [5.74, 6) is 0.513.